The SMILES string of the molecule is C[C@H]1CN(C(=O)COc2ccc(Cl)cc2C=O)[C@@H](C)CN1Cc1ccc(F)cc1. The number of amides is 1. The van der Waals surface area contributed by atoms with Crippen molar-refractivity contribution in [3.8, 4) is 5.75 Å². The van der Waals surface area contributed by atoms with Gasteiger partial charge in [0.2, 0.25) is 0 Å². The second-order valence-corrected chi connectivity index (χ2v) is 7.83. The average Bonchev–Trinajstić information content (AvgIpc) is 2.70. The summed E-state index contributed by atoms with van der Waals surface area (Å²) in [6.07, 6.45) is 0.657. The first kappa shape index (κ1) is 21.3. The molecule has 29 heavy (non-hydrogen) atoms. The van der Waals surface area contributed by atoms with Crippen molar-refractivity contribution >= 4 is 23.8 Å². The molecular weight excluding hydrogens is 395 g/mol. The van der Waals surface area contributed by atoms with E-state index in [2.05, 4.69) is 11.8 Å². The van der Waals surface area contributed by atoms with Crippen LogP contribution in [0, 0.1) is 5.82 Å². The smallest absolute Gasteiger partial charge is 0.260 e. The second kappa shape index (κ2) is 9.37. The summed E-state index contributed by atoms with van der Waals surface area (Å²) in [5, 5.41) is 0.436. The average molecular weight is 419 g/mol. The Morgan fingerprint density at radius 3 is 2.59 bits per heavy atom. The van der Waals surface area contributed by atoms with Crippen molar-refractivity contribution in [3.63, 3.8) is 0 Å². The molecule has 154 valence electrons. The van der Waals surface area contributed by atoms with Crippen LogP contribution in [0.15, 0.2) is 42.5 Å². The van der Waals surface area contributed by atoms with Crippen molar-refractivity contribution in [1.29, 1.82) is 0 Å². The Morgan fingerprint density at radius 2 is 1.90 bits per heavy atom. The van der Waals surface area contributed by atoms with Crippen LogP contribution in [0.3, 0.4) is 0 Å². The van der Waals surface area contributed by atoms with Crippen LogP contribution >= 0.6 is 11.6 Å². The Balaban J connectivity index is 1.58. The van der Waals surface area contributed by atoms with Crippen molar-refractivity contribution in [2.24, 2.45) is 0 Å². The van der Waals surface area contributed by atoms with Crippen molar-refractivity contribution in [1.82, 2.24) is 9.80 Å². The number of hydrogen-bond donors (Lipinski definition) is 0. The van der Waals surface area contributed by atoms with Crippen LogP contribution in [-0.4, -0.2) is 53.8 Å². The molecular formula is C22H24ClFN2O3. The van der Waals surface area contributed by atoms with Gasteiger partial charge in [-0.2, -0.15) is 0 Å². The molecule has 1 heterocycles. The number of carbonyl (C=O) groups excluding carboxylic acids is 2. The Morgan fingerprint density at radius 1 is 1.17 bits per heavy atom. The summed E-state index contributed by atoms with van der Waals surface area (Å²) in [6, 6.07) is 11.4. The number of hydrogen-bond acceptors (Lipinski definition) is 4. The van der Waals surface area contributed by atoms with Gasteiger partial charge in [0.05, 0.1) is 5.56 Å². The molecule has 2 aromatic rings. The van der Waals surface area contributed by atoms with E-state index >= 15 is 0 Å². The highest BCUT2D eigenvalue weighted by Gasteiger charge is 2.32. The summed E-state index contributed by atoms with van der Waals surface area (Å²) < 4.78 is 18.7. The topological polar surface area (TPSA) is 49.9 Å². The number of nitrogens with zero attached hydrogens (tertiary/aromatic N) is 2. The van der Waals surface area contributed by atoms with Gasteiger partial charge in [-0.1, -0.05) is 23.7 Å². The van der Waals surface area contributed by atoms with Gasteiger partial charge >= 0.3 is 0 Å². The molecule has 0 N–H and O–H groups in total. The molecule has 1 fully saturated rings. The molecule has 0 spiro atoms. The van der Waals surface area contributed by atoms with E-state index in [1.165, 1.54) is 18.2 Å². The number of rotatable bonds is 6. The van der Waals surface area contributed by atoms with Crippen LogP contribution < -0.4 is 4.74 Å². The maximum atomic E-state index is 13.1. The van der Waals surface area contributed by atoms with E-state index < -0.39 is 0 Å². The summed E-state index contributed by atoms with van der Waals surface area (Å²) in [6.45, 7) is 5.92. The molecule has 1 aliphatic heterocycles. The summed E-state index contributed by atoms with van der Waals surface area (Å²) in [5.74, 6) is -0.0324. The molecule has 2 aromatic carbocycles. The molecule has 1 aliphatic rings. The van der Waals surface area contributed by atoms with E-state index in [0.717, 1.165) is 5.56 Å². The highest BCUT2D eigenvalue weighted by molar-refractivity contribution is 6.30. The van der Waals surface area contributed by atoms with E-state index in [9.17, 15) is 14.0 Å². The third-order valence-electron chi connectivity index (χ3n) is 5.18. The first-order valence-electron chi connectivity index (χ1n) is 9.53. The molecule has 0 unspecified atom stereocenters. The van der Waals surface area contributed by atoms with Gasteiger partial charge in [-0.25, -0.2) is 4.39 Å². The van der Waals surface area contributed by atoms with Crippen LogP contribution in [0.5, 0.6) is 5.75 Å². The third kappa shape index (κ3) is 5.34. The largest absolute Gasteiger partial charge is 0.483 e. The van der Waals surface area contributed by atoms with Crippen LogP contribution in [-0.2, 0) is 11.3 Å². The van der Waals surface area contributed by atoms with Gasteiger partial charge in [0, 0.05) is 36.7 Å². The predicted octanol–water partition coefficient (Wildman–Crippen LogP) is 3.79. The summed E-state index contributed by atoms with van der Waals surface area (Å²) in [4.78, 5) is 28.0. The fraction of sp³-hybridized carbons (Fsp3) is 0.364. The van der Waals surface area contributed by atoms with Gasteiger partial charge in [0.1, 0.15) is 11.6 Å². The monoisotopic (exact) mass is 418 g/mol. The van der Waals surface area contributed by atoms with Gasteiger partial charge in [-0.15, -0.1) is 0 Å². The lowest BCUT2D eigenvalue weighted by Gasteiger charge is -2.44. The van der Waals surface area contributed by atoms with Crippen LogP contribution in [0.2, 0.25) is 5.02 Å². The highest BCUT2D eigenvalue weighted by Crippen LogP contribution is 2.22. The quantitative estimate of drug-likeness (QED) is 0.670. The molecule has 0 saturated carbocycles. The van der Waals surface area contributed by atoms with Crippen LogP contribution in [0.4, 0.5) is 4.39 Å². The molecule has 0 aliphatic carbocycles. The normalized spacial score (nSPS) is 19.8. The molecule has 0 radical (unpaired) electrons. The van der Waals surface area contributed by atoms with E-state index in [0.29, 0.717) is 42.3 Å². The lowest BCUT2D eigenvalue weighted by molar-refractivity contribution is -0.139. The lowest BCUT2D eigenvalue weighted by Crippen LogP contribution is -2.58. The minimum atomic E-state index is -0.246. The minimum Gasteiger partial charge on any atom is -0.483 e. The van der Waals surface area contributed by atoms with Gasteiger partial charge in [0.25, 0.3) is 5.91 Å². The standard InChI is InChI=1S/C22H24ClFN2O3/c1-15-11-26(16(2)10-25(15)12-17-3-6-20(24)7-4-17)22(28)14-29-21-8-5-19(23)9-18(21)13-27/h3-9,13,15-16H,10-12,14H2,1-2H3/t15-,16-/m0/s1. The van der Waals surface area contributed by atoms with Gasteiger partial charge in [0.15, 0.2) is 12.9 Å². The zero-order valence-corrected chi connectivity index (χ0v) is 17.2. The van der Waals surface area contributed by atoms with E-state index in [1.807, 2.05) is 11.8 Å². The predicted molar refractivity (Wildman–Crippen MR) is 110 cm³/mol. The molecule has 1 saturated heterocycles. The molecule has 0 bridgehead atoms. The highest BCUT2D eigenvalue weighted by atomic mass is 35.5. The maximum Gasteiger partial charge on any atom is 0.260 e. The number of ether oxygens (including phenoxy) is 1. The number of halogens is 2. The van der Waals surface area contributed by atoms with Crippen molar-refractivity contribution in [2.75, 3.05) is 19.7 Å². The zero-order chi connectivity index (χ0) is 21.0. The number of aldehydes is 1. The molecule has 5 nitrogen and oxygen atoms in total. The summed E-state index contributed by atoms with van der Waals surface area (Å²) in [7, 11) is 0. The van der Waals surface area contributed by atoms with E-state index in [-0.39, 0.29) is 30.4 Å². The van der Waals surface area contributed by atoms with Crippen molar-refractivity contribution < 1.29 is 18.7 Å². The van der Waals surface area contributed by atoms with Gasteiger partial charge in [-0.05, 0) is 49.7 Å². The van der Waals surface area contributed by atoms with Crippen LogP contribution in [0.25, 0.3) is 0 Å². The molecule has 2 atom stereocenters. The third-order valence-corrected chi connectivity index (χ3v) is 5.42. The Hall–Kier alpha value is -2.44. The van der Waals surface area contributed by atoms with Gasteiger partial charge < -0.3 is 9.64 Å². The first-order valence-corrected chi connectivity index (χ1v) is 9.90. The van der Waals surface area contributed by atoms with Crippen LogP contribution in [0.1, 0.15) is 29.8 Å². The van der Waals surface area contributed by atoms with Crippen molar-refractivity contribution in [2.45, 2.75) is 32.5 Å². The van der Waals surface area contributed by atoms with Gasteiger partial charge in [-0.3, -0.25) is 14.5 Å². The number of carbonyl (C=O) groups is 2. The second-order valence-electron chi connectivity index (χ2n) is 7.39. The fourth-order valence-electron chi connectivity index (χ4n) is 3.56. The Kier molecular flexibility index (Phi) is 6.87. The molecule has 0 aromatic heterocycles. The summed E-state index contributed by atoms with van der Waals surface area (Å²) in [5.41, 5.74) is 1.36. The van der Waals surface area contributed by atoms with E-state index in [4.69, 9.17) is 16.3 Å². The number of piperazine rings is 1. The molecule has 3 rings (SSSR count). The molecule has 7 heteroatoms. The molecule has 1 amide bonds. The zero-order valence-electron chi connectivity index (χ0n) is 16.5. The fourth-order valence-corrected chi connectivity index (χ4v) is 3.74. The Labute approximate surface area is 175 Å². The van der Waals surface area contributed by atoms with E-state index in [1.54, 1.807) is 24.3 Å². The van der Waals surface area contributed by atoms with Crippen molar-refractivity contribution in [3.05, 3.63) is 64.4 Å². The summed E-state index contributed by atoms with van der Waals surface area (Å²) >= 11 is 5.88. The number of benzene rings is 2. The minimum absolute atomic E-state index is 0.0125. The first-order chi connectivity index (χ1) is 13.9. The maximum absolute atomic E-state index is 13.1. The lowest BCUT2D eigenvalue weighted by atomic mass is 10.1. The Bertz CT molecular complexity index is 875.